The quantitative estimate of drug-likeness (QED) is 0.179. The normalized spacial score (nSPS) is 34.4. The summed E-state index contributed by atoms with van der Waals surface area (Å²) in [4.78, 5) is 0.425. The molecule has 2 aliphatic rings. The SMILES string of the molecule is C=C/C(=C/C1C[C@H]2C(=C)CC(Br)C1C2OC)O[Si](C)(C)C(C)(C)C. The molecule has 0 saturated heterocycles. The van der Waals surface area contributed by atoms with Crippen LogP contribution in [0.4, 0.5) is 0 Å². The summed E-state index contributed by atoms with van der Waals surface area (Å²) in [6.07, 6.45) is 6.59. The molecule has 136 valence electrons. The Bertz CT molecular complexity index is 532. The maximum atomic E-state index is 6.50. The topological polar surface area (TPSA) is 18.5 Å². The molecule has 0 radical (unpaired) electrons. The lowest BCUT2D eigenvalue weighted by atomic mass is 9.81. The number of rotatable bonds is 5. The summed E-state index contributed by atoms with van der Waals surface area (Å²) in [5.74, 6) is 2.33. The number of alkyl halides is 1. The highest BCUT2D eigenvalue weighted by molar-refractivity contribution is 9.09. The van der Waals surface area contributed by atoms with E-state index < -0.39 is 8.32 Å². The molecule has 2 nitrogen and oxygen atoms in total. The highest BCUT2D eigenvalue weighted by Crippen LogP contribution is 2.52. The van der Waals surface area contributed by atoms with E-state index in [4.69, 9.17) is 9.16 Å². The van der Waals surface area contributed by atoms with Gasteiger partial charge in [0.25, 0.3) is 0 Å². The summed E-state index contributed by atoms with van der Waals surface area (Å²) in [6.45, 7) is 19.7. The van der Waals surface area contributed by atoms with Crippen LogP contribution in [-0.2, 0) is 9.16 Å². The number of hydrogen-bond donors (Lipinski definition) is 0. The van der Waals surface area contributed by atoms with Gasteiger partial charge in [-0.15, -0.1) is 0 Å². The van der Waals surface area contributed by atoms with Gasteiger partial charge in [0.1, 0.15) is 0 Å². The molecule has 2 aliphatic carbocycles. The van der Waals surface area contributed by atoms with Gasteiger partial charge in [0, 0.05) is 23.8 Å². The third-order valence-electron chi connectivity index (χ3n) is 6.23. The first kappa shape index (κ1) is 20.0. The van der Waals surface area contributed by atoms with Gasteiger partial charge in [-0.2, -0.15) is 0 Å². The summed E-state index contributed by atoms with van der Waals surface area (Å²) in [5.41, 5.74) is 1.32. The maximum Gasteiger partial charge on any atom is 0.250 e. The molecule has 0 aromatic rings. The van der Waals surface area contributed by atoms with Crippen molar-refractivity contribution in [3.63, 3.8) is 0 Å². The lowest BCUT2D eigenvalue weighted by Gasteiger charge is -2.37. The average molecular weight is 413 g/mol. The fraction of sp³-hybridized carbons (Fsp3) is 0.700. The Hall–Kier alpha value is -0.323. The molecule has 2 fully saturated rings. The van der Waals surface area contributed by atoms with Crippen molar-refractivity contribution in [3.8, 4) is 0 Å². The highest BCUT2D eigenvalue weighted by atomic mass is 79.9. The number of hydrogen-bond acceptors (Lipinski definition) is 2. The maximum absolute atomic E-state index is 6.50. The van der Waals surface area contributed by atoms with E-state index in [9.17, 15) is 0 Å². The van der Waals surface area contributed by atoms with Crippen LogP contribution in [0.25, 0.3) is 0 Å². The van der Waals surface area contributed by atoms with Gasteiger partial charge in [-0.1, -0.05) is 55.4 Å². The molecule has 0 aromatic heterocycles. The minimum absolute atomic E-state index is 0.183. The van der Waals surface area contributed by atoms with Gasteiger partial charge >= 0.3 is 0 Å². The van der Waals surface area contributed by atoms with E-state index in [2.05, 4.69) is 69.0 Å². The van der Waals surface area contributed by atoms with Gasteiger partial charge in [-0.3, -0.25) is 0 Å². The monoisotopic (exact) mass is 412 g/mol. The van der Waals surface area contributed by atoms with Gasteiger partial charge in [-0.05, 0) is 49.0 Å². The van der Waals surface area contributed by atoms with E-state index in [0.29, 0.717) is 22.6 Å². The molecule has 2 saturated carbocycles. The predicted molar refractivity (Wildman–Crippen MR) is 109 cm³/mol. The molecule has 0 spiro atoms. The van der Waals surface area contributed by atoms with Crippen LogP contribution in [0.1, 0.15) is 33.6 Å². The minimum Gasteiger partial charge on any atom is -0.544 e. The van der Waals surface area contributed by atoms with Crippen LogP contribution in [0.15, 0.2) is 36.6 Å². The van der Waals surface area contributed by atoms with Gasteiger partial charge in [0.2, 0.25) is 8.32 Å². The third kappa shape index (κ3) is 3.76. The second-order valence-corrected chi connectivity index (χ2v) is 14.7. The van der Waals surface area contributed by atoms with E-state index in [-0.39, 0.29) is 11.1 Å². The van der Waals surface area contributed by atoms with E-state index in [1.165, 1.54) is 5.57 Å². The first-order valence-electron chi connectivity index (χ1n) is 8.89. The Morgan fingerprint density at radius 3 is 2.46 bits per heavy atom. The molecule has 2 bridgehead atoms. The van der Waals surface area contributed by atoms with Crippen LogP contribution in [0.2, 0.25) is 18.1 Å². The molecular weight excluding hydrogens is 380 g/mol. The van der Waals surface area contributed by atoms with E-state index in [0.717, 1.165) is 18.6 Å². The molecule has 4 unspecified atom stereocenters. The summed E-state index contributed by atoms with van der Waals surface area (Å²) in [6, 6.07) is 0. The van der Waals surface area contributed by atoms with Crippen molar-refractivity contribution in [1.29, 1.82) is 0 Å². The Morgan fingerprint density at radius 1 is 1.33 bits per heavy atom. The van der Waals surface area contributed by atoms with Gasteiger partial charge < -0.3 is 9.16 Å². The van der Waals surface area contributed by atoms with Gasteiger partial charge in [0.05, 0.1) is 11.9 Å². The molecule has 0 N–H and O–H groups in total. The van der Waals surface area contributed by atoms with Crippen molar-refractivity contribution in [2.45, 2.75) is 62.7 Å². The lowest BCUT2D eigenvalue weighted by molar-refractivity contribution is 0.0325. The van der Waals surface area contributed by atoms with Gasteiger partial charge in [0.15, 0.2) is 0 Å². The predicted octanol–water partition coefficient (Wildman–Crippen LogP) is 6.07. The summed E-state index contributed by atoms with van der Waals surface area (Å²) >= 11 is 3.88. The smallest absolute Gasteiger partial charge is 0.250 e. The summed E-state index contributed by atoms with van der Waals surface area (Å²) in [5, 5.41) is 0.183. The Labute approximate surface area is 157 Å². The van der Waals surface area contributed by atoms with Crippen molar-refractivity contribution in [1.82, 2.24) is 0 Å². The van der Waals surface area contributed by atoms with E-state index in [1.54, 1.807) is 0 Å². The second kappa shape index (κ2) is 7.12. The average Bonchev–Trinajstić information content (AvgIpc) is 2.77. The number of fused-ring (bicyclic) bond motifs is 2. The third-order valence-corrected chi connectivity index (χ3v) is 11.5. The zero-order chi connectivity index (χ0) is 18.3. The molecule has 0 aliphatic heterocycles. The standard InChI is InChI=1S/C20H33BrO2Si/c1-9-15(23-24(7,8)20(3,4)5)11-14-12-16-13(2)10-17(21)18(14)19(16)22-6/h9,11,14,16-19H,1-2,10,12H2,3-8H3/b15-11-/t14?,16-,17?,18?,19?/m0/s1. The van der Waals surface area contributed by atoms with Crippen LogP contribution < -0.4 is 0 Å². The zero-order valence-electron chi connectivity index (χ0n) is 16.1. The molecule has 24 heavy (non-hydrogen) atoms. The summed E-state index contributed by atoms with van der Waals surface area (Å²) < 4.78 is 12.3. The van der Waals surface area contributed by atoms with Crippen LogP contribution in [0, 0.1) is 17.8 Å². The minimum atomic E-state index is -1.85. The van der Waals surface area contributed by atoms with Crippen LogP contribution in [0.3, 0.4) is 0 Å². The van der Waals surface area contributed by atoms with Gasteiger partial charge in [-0.25, -0.2) is 0 Å². The molecular formula is C20H33BrO2Si. The van der Waals surface area contributed by atoms with Crippen molar-refractivity contribution < 1.29 is 9.16 Å². The van der Waals surface area contributed by atoms with Crippen LogP contribution in [-0.4, -0.2) is 26.4 Å². The summed E-state index contributed by atoms with van der Waals surface area (Å²) in [7, 11) is -0.0214. The second-order valence-electron chi connectivity index (χ2n) is 8.80. The molecule has 4 heteroatoms. The van der Waals surface area contributed by atoms with Crippen molar-refractivity contribution >= 4 is 24.2 Å². The Morgan fingerprint density at radius 2 is 1.96 bits per heavy atom. The number of methoxy groups -OCH3 is 1. The fourth-order valence-electron chi connectivity index (χ4n) is 3.81. The fourth-order valence-corrected chi connectivity index (χ4v) is 5.97. The first-order valence-corrected chi connectivity index (χ1v) is 12.7. The number of allylic oxidation sites excluding steroid dienone is 2. The lowest BCUT2D eigenvalue weighted by Crippen LogP contribution is -2.40. The van der Waals surface area contributed by atoms with Crippen molar-refractivity contribution in [2.75, 3.05) is 7.11 Å². The number of halogens is 1. The van der Waals surface area contributed by atoms with E-state index in [1.807, 2.05) is 13.2 Å². The molecule has 2 rings (SSSR count). The highest BCUT2D eigenvalue weighted by Gasteiger charge is 2.50. The Balaban J connectivity index is 2.25. The van der Waals surface area contributed by atoms with Crippen LogP contribution in [0.5, 0.6) is 0 Å². The van der Waals surface area contributed by atoms with Crippen molar-refractivity contribution in [3.05, 3.63) is 36.6 Å². The van der Waals surface area contributed by atoms with Crippen LogP contribution >= 0.6 is 15.9 Å². The number of ether oxygens (including phenoxy) is 1. The largest absolute Gasteiger partial charge is 0.544 e. The van der Waals surface area contributed by atoms with Crippen molar-refractivity contribution in [2.24, 2.45) is 17.8 Å². The Kier molecular flexibility index (Phi) is 5.93. The first-order chi connectivity index (χ1) is 11.0. The molecule has 5 atom stereocenters. The molecule has 0 heterocycles. The molecule has 0 aromatic carbocycles. The zero-order valence-corrected chi connectivity index (χ0v) is 18.7. The van der Waals surface area contributed by atoms with E-state index >= 15 is 0 Å². The molecule has 0 amide bonds.